The van der Waals surface area contributed by atoms with Crippen molar-refractivity contribution in [2.24, 2.45) is 0 Å². The number of carbonyl (C=O) groups is 2. The molecule has 0 bridgehead atoms. The lowest BCUT2D eigenvalue weighted by Gasteiger charge is -2.08. The van der Waals surface area contributed by atoms with Crippen molar-refractivity contribution in [3.8, 4) is 0 Å². The molecule has 0 saturated heterocycles. The third-order valence-electron chi connectivity index (χ3n) is 4.08. The van der Waals surface area contributed by atoms with Gasteiger partial charge in [0.25, 0.3) is 11.5 Å². The van der Waals surface area contributed by atoms with Gasteiger partial charge in [0, 0.05) is 24.0 Å². The van der Waals surface area contributed by atoms with Crippen LogP contribution in [0, 0.1) is 0 Å². The summed E-state index contributed by atoms with van der Waals surface area (Å²) < 4.78 is 0. The highest BCUT2D eigenvalue weighted by Gasteiger charge is 2.13. The number of hydrogen-bond acceptors (Lipinski definition) is 4. The van der Waals surface area contributed by atoms with E-state index in [0.717, 1.165) is 17.7 Å². The van der Waals surface area contributed by atoms with Crippen molar-refractivity contribution >= 4 is 28.3 Å². The molecular weight excluding hydrogens is 344 g/mol. The number of fused-ring (bicyclic) bond motifs is 1. The summed E-state index contributed by atoms with van der Waals surface area (Å²) in [5, 5.41) is 12.8. The molecule has 3 aromatic rings. The number of carbonyl (C=O) groups excluding carboxylic acids is 2. The van der Waals surface area contributed by atoms with Crippen LogP contribution in [0.1, 0.15) is 35.8 Å². The number of aromatic amines is 1. The zero-order valence-corrected chi connectivity index (χ0v) is 14.9. The minimum Gasteiger partial charge on any atom is -0.347 e. The monoisotopic (exact) mass is 364 g/mol. The number of rotatable bonds is 6. The van der Waals surface area contributed by atoms with Gasteiger partial charge in [-0.2, -0.15) is 5.10 Å². The normalized spacial score (nSPS) is 10.6. The standard InChI is InChI=1S/C20H20N4O3/c1-2-5-17(25)22-14-10-8-13(9-11-14)12-21-20(27)18-15-6-3-4-7-16(15)19(26)24-23-18/h3-4,6-11H,2,5,12H2,1H3,(H,21,27)(H,22,25)(H,24,26). The number of amides is 2. The number of nitrogens with zero attached hydrogens (tertiary/aromatic N) is 1. The van der Waals surface area contributed by atoms with Gasteiger partial charge in [-0.3, -0.25) is 14.4 Å². The molecule has 0 unspecified atom stereocenters. The Hall–Kier alpha value is -3.48. The quantitative estimate of drug-likeness (QED) is 0.625. The van der Waals surface area contributed by atoms with Gasteiger partial charge in [0.1, 0.15) is 0 Å². The summed E-state index contributed by atoms with van der Waals surface area (Å²) in [7, 11) is 0. The first-order valence-corrected chi connectivity index (χ1v) is 8.73. The minimum absolute atomic E-state index is 0.0189. The largest absolute Gasteiger partial charge is 0.347 e. The highest BCUT2D eigenvalue weighted by atomic mass is 16.2. The molecule has 0 atom stereocenters. The van der Waals surface area contributed by atoms with Crippen molar-refractivity contribution in [1.29, 1.82) is 0 Å². The van der Waals surface area contributed by atoms with Crippen LogP contribution < -0.4 is 16.2 Å². The fraction of sp³-hybridized carbons (Fsp3) is 0.200. The number of hydrogen-bond donors (Lipinski definition) is 3. The van der Waals surface area contributed by atoms with E-state index in [2.05, 4.69) is 20.8 Å². The maximum absolute atomic E-state index is 12.5. The van der Waals surface area contributed by atoms with E-state index in [1.165, 1.54) is 0 Å². The Kier molecular flexibility index (Phi) is 5.61. The molecule has 138 valence electrons. The van der Waals surface area contributed by atoms with E-state index < -0.39 is 0 Å². The second-order valence-electron chi connectivity index (χ2n) is 6.12. The van der Waals surface area contributed by atoms with Gasteiger partial charge in [-0.05, 0) is 30.2 Å². The Labute approximate surface area is 155 Å². The van der Waals surface area contributed by atoms with Crippen LogP contribution in [0.3, 0.4) is 0 Å². The zero-order chi connectivity index (χ0) is 19.2. The van der Waals surface area contributed by atoms with Crippen LogP contribution in [0.15, 0.2) is 53.3 Å². The average molecular weight is 364 g/mol. The third-order valence-corrected chi connectivity index (χ3v) is 4.08. The van der Waals surface area contributed by atoms with Crippen molar-refractivity contribution < 1.29 is 9.59 Å². The number of benzene rings is 2. The number of nitrogens with one attached hydrogen (secondary N) is 3. The number of anilines is 1. The van der Waals surface area contributed by atoms with Crippen LogP contribution in [0.5, 0.6) is 0 Å². The highest BCUT2D eigenvalue weighted by Crippen LogP contribution is 2.13. The summed E-state index contributed by atoms with van der Waals surface area (Å²) >= 11 is 0. The van der Waals surface area contributed by atoms with E-state index in [9.17, 15) is 14.4 Å². The van der Waals surface area contributed by atoms with Crippen molar-refractivity contribution in [3.05, 3.63) is 70.1 Å². The predicted octanol–water partition coefficient (Wildman–Crippen LogP) is 2.59. The molecule has 7 heteroatoms. The Morgan fingerprint density at radius 3 is 2.44 bits per heavy atom. The van der Waals surface area contributed by atoms with Gasteiger partial charge in [-0.1, -0.05) is 37.3 Å². The van der Waals surface area contributed by atoms with E-state index in [-0.39, 0.29) is 23.1 Å². The topological polar surface area (TPSA) is 104 Å². The van der Waals surface area contributed by atoms with Crippen LogP contribution in [-0.2, 0) is 11.3 Å². The molecular formula is C20H20N4O3. The molecule has 27 heavy (non-hydrogen) atoms. The lowest BCUT2D eigenvalue weighted by atomic mass is 10.1. The van der Waals surface area contributed by atoms with E-state index in [4.69, 9.17) is 0 Å². The van der Waals surface area contributed by atoms with Gasteiger partial charge in [0.05, 0.1) is 5.39 Å². The van der Waals surface area contributed by atoms with Gasteiger partial charge < -0.3 is 10.6 Å². The zero-order valence-electron chi connectivity index (χ0n) is 14.9. The van der Waals surface area contributed by atoms with Crippen LogP contribution in [-0.4, -0.2) is 22.0 Å². The molecule has 0 radical (unpaired) electrons. The van der Waals surface area contributed by atoms with Gasteiger partial charge in [-0.15, -0.1) is 0 Å². The first-order chi connectivity index (χ1) is 13.1. The molecule has 2 amide bonds. The molecule has 0 fully saturated rings. The molecule has 0 spiro atoms. The molecule has 3 N–H and O–H groups in total. The summed E-state index contributed by atoms with van der Waals surface area (Å²) in [6.45, 7) is 2.25. The molecule has 2 aromatic carbocycles. The second-order valence-corrected chi connectivity index (χ2v) is 6.12. The van der Waals surface area contributed by atoms with Crippen molar-refractivity contribution in [2.45, 2.75) is 26.3 Å². The molecule has 0 aliphatic rings. The fourth-order valence-corrected chi connectivity index (χ4v) is 2.71. The third kappa shape index (κ3) is 4.38. The van der Waals surface area contributed by atoms with Gasteiger partial charge in [-0.25, -0.2) is 5.10 Å². The van der Waals surface area contributed by atoms with Crippen LogP contribution in [0.2, 0.25) is 0 Å². The van der Waals surface area contributed by atoms with E-state index in [1.807, 2.05) is 19.1 Å². The maximum Gasteiger partial charge on any atom is 0.272 e. The van der Waals surface area contributed by atoms with E-state index in [0.29, 0.717) is 23.7 Å². The lowest BCUT2D eigenvalue weighted by Crippen LogP contribution is -2.26. The van der Waals surface area contributed by atoms with E-state index in [1.54, 1.807) is 36.4 Å². The first-order valence-electron chi connectivity index (χ1n) is 8.73. The van der Waals surface area contributed by atoms with Crippen LogP contribution >= 0.6 is 0 Å². The summed E-state index contributed by atoms with van der Waals surface area (Å²) in [6, 6.07) is 14.1. The molecule has 3 rings (SSSR count). The van der Waals surface area contributed by atoms with Crippen molar-refractivity contribution in [1.82, 2.24) is 15.5 Å². The van der Waals surface area contributed by atoms with E-state index >= 15 is 0 Å². The van der Waals surface area contributed by atoms with Gasteiger partial charge >= 0.3 is 0 Å². The average Bonchev–Trinajstić information content (AvgIpc) is 2.68. The molecule has 7 nitrogen and oxygen atoms in total. The van der Waals surface area contributed by atoms with Crippen molar-refractivity contribution in [2.75, 3.05) is 5.32 Å². The molecule has 1 heterocycles. The summed E-state index contributed by atoms with van der Waals surface area (Å²) in [6.07, 6.45) is 1.28. The van der Waals surface area contributed by atoms with Crippen LogP contribution in [0.25, 0.3) is 10.8 Å². The highest BCUT2D eigenvalue weighted by molar-refractivity contribution is 6.04. The fourth-order valence-electron chi connectivity index (χ4n) is 2.71. The molecule has 1 aromatic heterocycles. The summed E-state index contributed by atoms with van der Waals surface area (Å²) in [5.74, 6) is -0.391. The lowest BCUT2D eigenvalue weighted by molar-refractivity contribution is -0.116. The Morgan fingerprint density at radius 2 is 1.74 bits per heavy atom. The Bertz CT molecular complexity index is 1030. The number of H-pyrrole nitrogens is 1. The Morgan fingerprint density at radius 1 is 1.04 bits per heavy atom. The first kappa shape index (κ1) is 18.3. The minimum atomic E-state index is -0.372. The SMILES string of the molecule is CCCC(=O)Nc1ccc(CNC(=O)c2n[nH]c(=O)c3ccccc23)cc1. The van der Waals surface area contributed by atoms with Crippen LogP contribution in [0.4, 0.5) is 5.69 Å². The molecule has 0 aliphatic carbocycles. The predicted molar refractivity (Wildman–Crippen MR) is 104 cm³/mol. The molecule has 0 aliphatic heterocycles. The summed E-state index contributed by atoms with van der Waals surface area (Å²) in [4.78, 5) is 35.9. The van der Waals surface area contributed by atoms with Crippen molar-refractivity contribution in [3.63, 3.8) is 0 Å². The van der Waals surface area contributed by atoms with Gasteiger partial charge in [0.15, 0.2) is 5.69 Å². The smallest absolute Gasteiger partial charge is 0.272 e. The number of aromatic nitrogens is 2. The van der Waals surface area contributed by atoms with Gasteiger partial charge in [0.2, 0.25) is 5.91 Å². The Balaban J connectivity index is 1.67. The second kappa shape index (κ2) is 8.27. The maximum atomic E-state index is 12.5. The summed E-state index contributed by atoms with van der Waals surface area (Å²) in [5.41, 5.74) is 1.44. The molecule has 0 saturated carbocycles.